The lowest BCUT2D eigenvalue weighted by Crippen LogP contribution is -2.23. The SMILES string of the molecule is O=C(Nc1ccc(CCCN2CCCC2)cc1)c1cc2ccc(F)cc2[nH]c1=O. The molecule has 1 aliphatic heterocycles. The number of nitrogens with one attached hydrogen (secondary N) is 2. The van der Waals surface area contributed by atoms with Crippen molar-refractivity contribution in [3.8, 4) is 0 Å². The first-order valence-corrected chi connectivity index (χ1v) is 10.0. The van der Waals surface area contributed by atoms with E-state index in [-0.39, 0.29) is 5.56 Å². The number of fused-ring (bicyclic) bond motifs is 1. The van der Waals surface area contributed by atoms with Crippen LogP contribution in [-0.2, 0) is 6.42 Å². The standard InChI is InChI=1S/C23H24FN3O2/c24-18-8-7-17-14-20(23(29)26-21(17)15-18)22(28)25-19-9-5-16(6-10-19)4-3-13-27-11-1-2-12-27/h5-10,14-15H,1-4,11-13H2,(H,25,28)(H,26,29). The lowest BCUT2D eigenvalue weighted by Gasteiger charge is -2.14. The molecule has 1 aliphatic rings. The van der Waals surface area contributed by atoms with Crippen molar-refractivity contribution in [3.05, 3.63) is 75.8 Å². The fraction of sp³-hybridized carbons (Fsp3) is 0.304. The molecule has 0 saturated carbocycles. The van der Waals surface area contributed by atoms with E-state index in [1.807, 2.05) is 24.3 Å². The monoisotopic (exact) mass is 393 g/mol. The van der Waals surface area contributed by atoms with Gasteiger partial charge in [0.2, 0.25) is 0 Å². The van der Waals surface area contributed by atoms with E-state index in [2.05, 4.69) is 15.2 Å². The molecule has 0 aliphatic carbocycles. The zero-order valence-corrected chi connectivity index (χ0v) is 16.2. The van der Waals surface area contributed by atoms with Crippen molar-refractivity contribution in [1.82, 2.24) is 9.88 Å². The summed E-state index contributed by atoms with van der Waals surface area (Å²) >= 11 is 0. The van der Waals surface area contributed by atoms with Crippen molar-refractivity contribution < 1.29 is 9.18 Å². The minimum atomic E-state index is -0.542. The lowest BCUT2D eigenvalue weighted by molar-refractivity contribution is 0.102. The molecule has 3 aromatic rings. The minimum Gasteiger partial charge on any atom is -0.322 e. The molecule has 0 spiro atoms. The van der Waals surface area contributed by atoms with Crippen LogP contribution in [0.25, 0.3) is 10.9 Å². The Balaban J connectivity index is 1.39. The van der Waals surface area contributed by atoms with Crippen LogP contribution < -0.4 is 10.9 Å². The molecule has 5 nitrogen and oxygen atoms in total. The molecule has 4 rings (SSSR count). The Bertz CT molecular complexity index is 1070. The second-order valence-corrected chi connectivity index (χ2v) is 7.55. The van der Waals surface area contributed by atoms with Gasteiger partial charge in [-0.25, -0.2) is 4.39 Å². The highest BCUT2D eigenvalue weighted by atomic mass is 19.1. The highest BCUT2D eigenvalue weighted by Gasteiger charge is 2.13. The number of aromatic amines is 1. The lowest BCUT2D eigenvalue weighted by atomic mass is 10.1. The number of hydrogen-bond donors (Lipinski definition) is 2. The largest absolute Gasteiger partial charge is 0.322 e. The van der Waals surface area contributed by atoms with Crippen LogP contribution in [0.2, 0.25) is 0 Å². The third-order valence-electron chi connectivity index (χ3n) is 5.40. The van der Waals surface area contributed by atoms with Crippen LogP contribution in [0.3, 0.4) is 0 Å². The number of H-pyrrole nitrogens is 1. The Morgan fingerprint density at radius 1 is 1.07 bits per heavy atom. The summed E-state index contributed by atoms with van der Waals surface area (Å²) in [7, 11) is 0. The Morgan fingerprint density at radius 2 is 1.83 bits per heavy atom. The maximum Gasteiger partial charge on any atom is 0.261 e. The average molecular weight is 393 g/mol. The maximum absolute atomic E-state index is 13.3. The molecule has 1 fully saturated rings. The molecule has 1 saturated heterocycles. The van der Waals surface area contributed by atoms with Crippen molar-refractivity contribution in [3.63, 3.8) is 0 Å². The minimum absolute atomic E-state index is 0.00111. The summed E-state index contributed by atoms with van der Waals surface area (Å²) in [5, 5.41) is 3.36. The summed E-state index contributed by atoms with van der Waals surface area (Å²) in [5.74, 6) is -0.926. The van der Waals surface area contributed by atoms with Gasteiger partial charge in [0.1, 0.15) is 11.4 Å². The first kappa shape index (κ1) is 19.3. The van der Waals surface area contributed by atoms with Gasteiger partial charge in [0.25, 0.3) is 11.5 Å². The number of halogens is 1. The van der Waals surface area contributed by atoms with Gasteiger partial charge >= 0.3 is 0 Å². The fourth-order valence-corrected chi connectivity index (χ4v) is 3.81. The van der Waals surface area contributed by atoms with Crippen molar-refractivity contribution in [1.29, 1.82) is 0 Å². The van der Waals surface area contributed by atoms with E-state index in [9.17, 15) is 14.0 Å². The Kier molecular flexibility index (Phi) is 5.71. The maximum atomic E-state index is 13.3. The number of anilines is 1. The van der Waals surface area contributed by atoms with Gasteiger partial charge in [-0.3, -0.25) is 9.59 Å². The molecular formula is C23H24FN3O2. The van der Waals surface area contributed by atoms with Gasteiger partial charge in [0.05, 0.1) is 5.52 Å². The topological polar surface area (TPSA) is 65.2 Å². The zero-order valence-electron chi connectivity index (χ0n) is 16.2. The van der Waals surface area contributed by atoms with Gasteiger partial charge in [-0.1, -0.05) is 12.1 Å². The number of rotatable bonds is 6. The summed E-state index contributed by atoms with van der Waals surface area (Å²) in [6, 6.07) is 13.3. The highest BCUT2D eigenvalue weighted by molar-refractivity contribution is 6.05. The van der Waals surface area contributed by atoms with Crippen molar-refractivity contribution in [2.45, 2.75) is 25.7 Å². The number of aryl methyl sites for hydroxylation is 1. The van der Waals surface area contributed by atoms with Crippen molar-refractivity contribution in [2.24, 2.45) is 0 Å². The van der Waals surface area contributed by atoms with Crippen LogP contribution in [0.1, 0.15) is 35.2 Å². The smallest absolute Gasteiger partial charge is 0.261 e. The van der Waals surface area contributed by atoms with Crippen LogP contribution in [0.15, 0.2) is 53.3 Å². The molecular weight excluding hydrogens is 369 g/mol. The number of benzene rings is 2. The van der Waals surface area contributed by atoms with Crippen LogP contribution in [0.4, 0.5) is 10.1 Å². The average Bonchev–Trinajstić information content (AvgIpc) is 3.22. The van der Waals surface area contributed by atoms with Crippen molar-refractivity contribution in [2.75, 3.05) is 25.0 Å². The number of nitrogens with zero attached hydrogens (tertiary/aromatic N) is 1. The quantitative estimate of drug-likeness (QED) is 0.667. The fourth-order valence-electron chi connectivity index (χ4n) is 3.81. The van der Waals surface area contributed by atoms with Crippen LogP contribution in [0, 0.1) is 5.82 Å². The normalized spacial score (nSPS) is 14.4. The molecule has 0 bridgehead atoms. The van der Waals surface area contributed by atoms with E-state index in [4.69, 9.17) is 0 Å². The van der Waals surface area contributed by atoms with Gasteiger partial charge in [-0.05, 0) is 92.7 Å². The van der Waals surface area contributed by atoms with E-state index < -0.39 is 17.3 Å². The Hall–Kier alpha value is -2.99. The van der Waals surface area contributed by atoms with Gasteiger partial charge in [0, 0.05) is 5.69 Å². The third-order valence-corrected chi connectivity index (χ3v) is 5.40. The number of likely N-dealkylation sites (tertiary alicyclic amines) is 1. The summed E-state index contributed by atoms with van der Waals surface area (Å²) in [5.41, 5.74) is 1.69. The molecule has 0 radical (unpaired) electrons. The van der Waals surface area contributed by atoms with Gasteiger partial charge in [-0.15, -0.1) is 0 Å². The molecule has 150 valence electrons. The molecule has 2 N–H and O–H groups in total. The predicted octanol–water partition coefficient (Wildman–Crippen LogP) is 3.95. The van der Waals surface area contributed by atoms with Crippen LogP contribution in [-0.4, -0.2) is 35.4 Å². The first-order valence-electron chi connectivity index (χ1n) is 10.0. The summed E-state index contributed by atoms with van der Waals surface area (Å²) in [4.78, 5) is 29.8. The number of pyridine rings is 1. The molecule has 6 heteroatoms. The van der Waals surface area contributed by atoms with E-state index >= 15 is 0 Å². The summed E-state index contributed by atoms with van der Waals surface area (Å²) in [6.45, 7) is 3.56. The molecule has 1 amide bonds. The first-order chi connectivity index (χ1) is 14.1. The highest BCUT2D eigenvalue weighted by Crippen LogP contribution is 2.16. The van der Waals surface area contributed by atoms with E-state index in [0.29, 0.717) is 16.6 Å². The zero-order chi connectivity index (χ0) is 20.2. The molecule has 2 aromatic carbocycles. The molecule has 1 aromatic heterocycles. The van der Waals surface area contributed by atoms with E-state index in [0.717, 1.165) is 19.4 Å². The molecule has 0 atom stereocenters. The second-order valence-electron chi connectivity index (χ2n) is 7.55. The van der Waals surface area contributed by atoms with Crippen LogP contribution >= 0.6 is 0 Å². The van der Waals surface area contributed by atoms with Gasteiger partial charge in [0.15, 0.2) is 0 Å². The molecule has 29 heavy (non-hydrogen) atoms. The van der Waals surface area contributed by atoms with E-state index in [1.54, 1.807) is 0 Å². The Labute approximate surface area is 168 Å². The predicted molar refractivity (Wildman–Crippen MR) is 113 cm³/mol. The number of amides is 1. The molecule has 2 heterocycles. The summed E-state index contributed by atoms with van der Waals surface area (Å²) < 4.78 is 13.3. The molecule has 0 unspecified atom stereocenters. The number of aromatic nitrogens is 1. The number of carbonyl (C=O) groups is 1. The van der Waals surface area contributed by atoms with Crippen molar-refractivity contribution >= 4 is 22.5 Å². The second kappa shape index (κ2) is 8.57. The van der Waals surface area contributed by atoms with Crippen LogP contribution in [0.5, 0.6) is 0 Å². The number of hydrogen-bond acceptors (Lipinski definition) is 3. The number of carbonyl (C=O) groups excluding carboxylic acids is 1. The summed E-state index contributed by atoms with van der Waals surface area (Å²) in [6.07, 6.45) is 4.75. The van der Waals surface area contributed by atoms with E-state index in [1.165, 1.54) is 55.8 Å². The third kappa shape index (κ3) is 4.71. The van der Waals surface area contributed by atoms with Gasteiger partial charge < -0.3 is 15.2 Å². The Morgan fingerprint density at radius 3 is 2.59 bits per heavy atom. The van der Waals surface area contributed by atoms with Gasteiger partial charge in [-0.2, -0.15) is 0 Å².